The molecule has 0 spiro atoms. The van der Waals surface area contributed by atoms with Gasteiger partial charge in [0.15, 0.2) is 5.13 Å². The number of nitrogens with two attached hydrogens (primary N) is 1. The molecule has 3 nitrogen and oxygen atoms in total. The summed E-state index contributed by atoms with van der Waals surface area (Å²) in [4.78, 5) is 6.73. The molecule has 1 aromatic heterocycles. The highest BCUT2D eigenvalue weighted by Gasteiger charge is 2.20. The SMILES string of the molecule is Nc1ccc2nc(N3CCC(F)CC3)sc2c1. The average Bonchev–Trinajstić information content (AvgIpc) is 2.72. The number of rotatable bonds is 1. The van der Waals surface area contributed by atoms with Gasteiger partial charge in [-0.3, -0.25) is 0 Å². The van der Waals surface area contributed by atoms with Gasteiger partial charge in [0.05, 0.1) is 10.2 Å². The molecule has 0 radical (unpaired) electrons. The van der Waals surface area contributed by atoms with Gasteiger partial charge < -0.3 is 10.6 Å². The third-order valence-electron chi connectivity index (χ3n) is 3.10. The molecule has 0 saturated carbocycles. The fourth-order valence-corrected chi connectivity index (χ4v) is 3.17. The van der Waals surface area contributed by atoms with E-state index in [1.54, 1.807) is 11.3 Å². The Labute approximate surface area is 103 Å². The zero-order valence-corrected chi connectivity index (χ0v) is 10.2. The fraction of sp³-hybridized carbons (Fsp3) is 0.417. The molecule has 2 heterocycles. The van der Waals surface area contributed by atoms with E-state index in [4.69, 9.17) is 5.73 Å². The number of hydrogen-bond donors (Lipinski definition) is 1. The fourth-order valence-electron chi connectivity index (χ4n) is 2.10. The highest BCUT2D eigenvalue weighted by molar-refractivity contribution is 7.22. The standard InChI is InChI=1S/C12H14FN3S/c13-8-3-5-16(6-4-8)12-15-10-2-1-9(14)7-11(10)17-12/h1-2,7-8H,3-6,14H2. The summed E-state index contributed by atoms with van der Waals surface area (Å²) in [7, 11) is 0. The van der Waals surface area contributed by atoms with E-state index in [9.17, 15) is 4.39 Å². The molecule has 90 valence electrons. The Balaban J connectivity index is 1.90. The van der Waals surface area contributed by atoms with E-state index in [1.165, 1.54) is 0 Å². The van der Waals surface area contributed by atoms with Gasteiger partial charge in [0.2, 0.25) is 0 Å². The van der Waals surface area contributed by atoms with Crippen molar-refractivity contribution in [1.29, 1.82) is 0 Å². The molecule has 0 bridgehead atoms. The lowest BCUT2D eigenvalue weighted by atomic mass is 10.1. The van der Waals surface area contributed by atoms with Gasteiger partial charge in [0, 0.05) is 18.8 Å². The zero-order chi connectivity index (χ0) is 11.8. The second-order valence-corrected chi connectivity index (χ2v) is 5.39. The molecule has 1 aliphatic heterocycles. The van der Waals surface area contributed by atoms with Crippen molar-refractivity contribution < 1.29 is 4.39 Å². The maximum Gasteiger partial charge on any atom is 0.186 e. The highest BCUT2D eigenvalue weighted by atomic mass is 32.1. The largest absolute Gasteiger partial charge is 0.399 e. The number of nitrogens with zero attached hydrogens (tertiary/aromatic N) is 2. The number of fused-ring (bicyclic) bond motifs is 1. The summed E-state index contributed by atoms with van der Waals surface area (Å²) < 4.78 is 14.2. The van der Waals surface area contributed by atoms with Crippen molar-refractivity contribution in [2.75, 3.05) is 23.7 Å². The van der Waals surface area contributed by atoms with E-state index in [-0.39, 0.29) is 0 Å². The first-order chi connectivity index (χ1) is 8.22. The minimum absolute atomic E-state index is 0.609. The van der Waals surface area contributed by atoms with Gasteiger partial charge in [0.25, 0.3) is 0 Å². The number of thiazole rings is 1. The summed E-state index contributed by atoms with van der Waals surface area (Å²) in [6, 6.07) is 5.74. The van der Waals surface area contributed by atoms with Crippen LogP contribution in [0.15, 0.2) is 18.2 Å². The minimum Gasteiger partial charge on any atom is -0.399 e. The van der Waals surface area contributed by atoms with Crippen LogP contribution in [-0.4, -0.2) is 24.2 Å². The lowest BCUT2D eigenvalue weighted by Gasteiger charge is -2.27. The molecule has 0 aliphatic carbocycles. The van der Waals surface area contributed by atoms with Gasteiger partial charge in [-0.05, 0) is 31.0 Å². The third kappa shape index (κ3) is 2.07. The van der Waals surface area contributed by atoms with Crippen LogP contribution in [0, 0.1) is 0 Å². The lowest BCUT2D eigenvalue weighted by molar-refractivity contribution is 0.277. The minimum atomic E-state index is -0.642. The number of alkyl halides is 1. The van der Waals surface area contributed by atoms with Gasteiger partial charge >= 0.3 is 0 Å². The maximum absolute atomic E-state index is 13.1. The van der Waals surface area contributed by atoms with Crippen molar-refractivity contribution in [2.24, 2.45) is 0 Å². The Kier molecular flexibility index (Phi) is 2.63. The summed E-state index contributed by atoms with van der Waals surface area (Å²) in [6.45, 7) is 1.52. The van der Waals surface area contributed by atoms with E-state index in [1.807, 2.05) is 18.2 Å². The first-order valence-corrected chi connectivity index (χ1v) is 6.59. The lowest BCUT2D eigenvalue weighted by Crippen LogP contribution is -2.34. The molecule has 0 atom stereocenters. The third-order valence-corrected chi connectivity index (χ3v) is 4.18. The Morgan fingerprint density at radius 3 is 2.88 bits per heavy atom. The molecule has 5 heteroatoms. The molecule has 3 rings (SSSR count). The van der Waals surface area contributed by atoms with Gasteiger partial charge in [-0.2, -0.15) is 0 Å². The molecule has 1 aliphatic rings. The Morgan fingerprint density at radius 2 is 2.12 bits per heavy atom. The zero-order valence-electron chi connectivity index (χ0n) is 9.40. The summed E-state index contributed by atoms with van der Waals surface area (Å²) >= 11 is 1.63. The van der Waals surface area contributed by atoms with Gasteiger partial charge in [-0.1, -0.05) is 11.3 Å². The number of aromatic nitrogens is 1. The van der Waals surface area contributed by atoms with Crippen molar-refractivity contribution in [3.8, 4) is 0 Å². The monoisotopic (exact) mass is 251 g/mol. The van der Waals surface area contributed by atoms with E-state index < -0.39 is 6.17 Å². The second-order valence-electron chi connectivity index (χ2n) is 4.39. The van der Waals surface area contributed by atoms with Crippen LogP contribution in [0.1, 0.15) is 12.8 Å². The van der Waals surface area contributed by atoms with Crippen LogP contribution in [-0.2, 0) is 0 Å². The maximum atomic E-state index is 13.1. The van der Waals surface area contributed by atoms with Crippen molar-refractivity contribution in [2.45, 2.75) is 19.0 Å². The van der Waals surface area contributed by atoms with E-state index in [0.29, 0.717) is 12.8 Å². The molecular weight excluding hydrogens is 237 g/mol. The van der Waals surface area contributed by atoms with Crippen LogP contribution >= 0.6 is 11.3 Å². The number of anilines is 2. The second kappa shape index (κ2) is 4.14. The molecule has 17 heavy (non-hydrogen) atoms. The molecule has 1 saturated heterocycles. The molecule has 0 unspecified atom stereocenters. The molecule has 2 N–H and O–H groups in total. The number of halogens is 1. The first kappa shape index (κ1) is 10.8. The van der Waals surface area contributed by atoms with E-state index >= 15 is 0 Å². The van der Waals surface area contributed by atoms with Crippen molar-refractivity contribution >= 4 is 32.4 Å². The van der Waals surface area contributed by atoms with Crippen LogP contribution in [0.5, 0.6) is 0 Å². The Morgan fingerprint density at radius 1 is 1.35 bits per heavy atom. The molecule has 0 amide bonds. The van der Waals surface area contributed by atoms with E-state index in [0.717, 1.165) is 34.1 Å². The number of benzene rings is 1. The number of piperidine rings is 1. The van der Waals surface area contributed by atoms with Crippen LogP contribution in [0.25, 0.3) is 10.2 Å². The van der Waals surface area contributed by atoms with Gasteiger partial charge in [0.1, 0.15) is 6.17 Å². The van der Waals surface area contributed by atoms with Crippen LogP contribution in [0.3, 0.4) is 0 Å². The normalized spacial score (nSPS) is 17.8. The molecule has 1 fully saturated rings. The highest BCUT2D eigenvalue weighted by Crippen LogP contribution is 2.31. The summed E-state index contributed by atoms with van der Waals surface area (Å²) in [6.07, 6.45) is 0.576. The molecule has 2 aromatic rings. The van der Waals surface area contributed by atoms with Gasteiger partial charge in [-0.25, -0.2) is 9.37 Å². The predicted molar refractivity (Wildman–Crippen MR) is 70.4 cm³/mol. The number of hydrogen-bond acceptors (Lipinski definition) is 4. The van der Waals surface area contributed by atoms with Crippen molar-refractivity contribution in [1.82, 2.24) is 4.98 Å². The smallest absolute Gasteiger partial charge is 0.186 e. The van der Waals surface area contributed by atoms with E-state index in [2.05, 4.69) is 9.88 Å². The Bertz CT molecular complexity index is 532. The summed E-state index contributed by atoms with van der Waals surface area (Å²) in [5.74, 6) is 0. The van der Waals surface area contributed by atoms with Crippen LogP contribution in [0.4, 0.5) is 15.2 Å². The average molecular weight is 251 g/mol. The van der Waals surface area contributed by atoms with Crippen molar-refractivity contribution in [3.05, 3.63) is 18.2 Å². The van der Waals surface area contributed by atoms with Crippen LogP contribution < -0.4 is 10.6 Å². The predicted octanol–water partition coefficient (Wildman–Crippen LogP) is 2.82. The Hall–Kier alpha value is -1.36. The molecule has 1 aromatic carbocycles. The summed E-state index contributed by atoms with van der Waals surface area (Å²) in [5, 5.41) is 0.984. The summed E-state index contributed by atoms with van der Waals surface area (Å²) in [5.41, 5.74) is 7.48. The van der Waals surface area contributed by atoms with Crippen LogP contribution in [0.2, 0.25) is 0 Å². The molecular formula is C12H14FN3S. The van der Waals surface area contributed by atoms with Crippen molar-refractivity contribution in [3.63, 3.8) is 0 Å². The topological polar surface area (TPSA) is 42.1 Å². The van der Waals surface area contributed by atoms with Gasteiger partial charge in [-0.15, -0.1) is 0 Å². The number of nitrogen functional groups attached to an aromatic ring is 1. The quantitative estimate of drug-likeness (QED) is 0.792. The first-order valence-electron chi connectivity index (χ1n) is 5.77.